The first kappa shape index (κ1) is 17.2. The highest BCUT2D eigenvalue weighted by Gasteiger charge is 2.13. The monoisotopic (exact) mass is 358 g/mol. The fourth-order valence-electron chi connectivity index (χ4n) is 2.48. The first-order valence-electron chi connectivity index (χ1n) is 7.74. The molecule has 25 heavy (non-hydrogen) atoms. The number of benzene rings is 2. The third kappa shape index (κ3) is 4.06. The highest BCUT2D eigenvalue weighted by molar-refractivity contribution is 6.33. The molecule has 0 fully saturated rings. The molecule has 2 aromatic carbocycles. The topological polar surface area (TPSA) is 51.2 Å². The summed E-state index contributed by atoms with van der Waals surface area (Å²) in [6, 6.07) is 13.4. The maximum absolute atomic E-state index is 13.2. The van der Waals surface area contributed by atoms with E-state index in [1.165, 1.54) is 12.1 Å². The number of amides is 1. The smallest absolute Gasteiger partial charge is 0.254 e. The van der Waals surface area contributed by atoms with Gasteiger partial charge in [0.1, 0.15) is 16.7 Å². The Labute approximate surface area is 149 Å². The van der Waals surface area contributed by atoms with E-state index in [-0.39, 0.29) is 16.6 Å². The van der Waals surface area contributed by atoms with Crippen molar-refractivity contribution in [3.8, 4) is 5.75 Å². The Balaban J connectivity index is 1.67. The standard InChI is InChI=1S/C19H16ClFN2O2/c1-25-15-6-2-12(3-7-15)8-9-22-19(24)16-10-13-4-5-14(21)11-17(13)23-18(16)20/h2-7,10-11H,8-9H2,1H3,(H,22,24). The number of hydrogen-bond acceptors (Lipinski definition) is 3. The third-order valence-corrected chi connectivity index (χ3v) is 4.12. The zero-order valence-corrected chi connectivity index (χ0v) is 14.3. The quantitative estimate of drug-likeness (QED) is 0.701. The molecule has 0 spiro atoms. The molecule has 4 nitrogen and oxygen atoms in total. The number of halogens is 2. The molecule has 3 aromatic rings. The van der Waals surface area contributed by atoms with Gasteiger partial charge in [-0.1, -0.05) is 23.7 Å². The Morgan fingerprint density at radius 2 is 1.96 bits per heavy atom. The Morgan fingerprint density at radius 3 is 2.68 bits per heavy atom. The molecule has 0 aliphatic rings. The number of pyridine rings is 1. The van der Waals surface area contributed by atoms with E-state index in [0.717, 1.165) is 11.3 Å². The van der Waals surface area contributed by atoms with Crippen LogP contribution >= 0.6 is 11.6 Å². The van der Waals surface area contributed by atoms with E-state index >= 15 is 0 Å². The van der Waals surface area contributed by atoms with E-state index in [2.05, 4.69) is 10.3 Å². The molecule has 0 atom stereocenters. The molecule has 3 rings (SSSR count). The van der Waals surface area contributed by atoms with E-state index < -0.39 is 5.82 Å². The van der Waals surface area contributed by atoms with Gasteiger partial charge in [-0.2, -0.15) is 0 Å². The largest absolute Gasteiger partial charge is 0.497 e. The predicted molar refractivity (Wildman–Crippen MR) is 95.7 cm³/mol. The van der Waals surface area contributed by atoms with Gasteiger partial charge in [-0.25, -0.2) is 9.37 Å². The Bertz CT molecular complexity index is 913. The van der Waals surface area contributed by atoms with Crippen molar-refractivity contribution in [3.63, 3.8) is 0 Å². The van der Waals surface area contributed by atoms with Crippen LogP contribution < -0.4 is 10.1 Å². The fraction of sp³-hybridized carbons (Fsp3) is 0.158. The minimum atomic E-state index is -0.396. The van der Waals surface area contributed by atoms with Crippen molar-refractivity contribution in [2.24, 2.45) is 0 Å². The van der Waals surface area contributed by atoms with E-state index in [1.54, 1.807) is 19.2 Å². The molecule has 0 radical (unpaired) electrons. The zero-order valence-electron chi connectivity index (χ0n) is 13.6. The number of carbonyl (C=O) groups excluding carboxylic acids is 1. The van der Waals surface area contributed by atoms with Crippen molar-refractivity contribution >= 4 is 28.4 Å². The fourth-order valence-corrected chi connectivity index (χ4v) is 2.72. The summed E-state index contributed by atoms with van der Waals surface area (Å²) >= 11 is 6.07. The van der Waals surface area contributed by atoms with Gasteiger partial charge >= 0.3 is 0 Å². The number of aromatic nitrogens is 1. The number of methoxy groups -OCH3 is 1. The normalized spacial score (nSPS) is 10.7. The van der Waals surface area contributed by atoms with Gasteiger partial charge in [-0.3, -0.25) is 4.79 Å². The Morgan fingerprint density at radius 1 is 1.20 bits per heavy atom. The van der Waals surface area contributed by atoms with Crippen LogP contribution in [0.1, 0.15) is 15.9 Å². The summed E-state index contributed by atoms with van der Waals surface area (Å²) in [5, 5.41) is 3.54. The van der Waals surface area contributed by atoms with Crippen molar-refractivity contribution in [1.29, 1.82) is 0 Å². The average Bonchev–Trinajstić information content (AvgIpc) is 2.61. The number of rotatable bonds is 5. The van der Waals surface area contributed by atoms with Crippen LogP contribution in [0.3, 0.4) is 0 Å². The van der Waals surface area contributed by atoms with Crippen LogP contribution in [-0.4, -0.2) is 24.5 Å². The van der Waals surface area contributed by atoms with Crippen LogP contribution in [-0.2, 0) is 6.42 Å². The van der Waals surface area contributed by atoms with Crippen molar-refractivity contribution in [2.75, 3.05) is 13.7 Å². The van der Waals surface area contributed by atoms with Gasteiger partial charge in [0.2, 0.25) is 0 Å². The molecule has 0 saturated heterocycles. The molecular weight excluding hydrogens is 343 g/mol. The zero-order chi connectivity index (χ0) is 17.8. The van der Waals surface area contributed by atoms with Gasteiger partial charge in [0.05, 0.1) is 18.2 Å². The highest BCUT2D eigenvalue weighted by atomic mass is 35.5. The van der Waals surface area contributed by atoms with Gasteiger partial charge < -0.3 is 10.1 Å². The van der Waals surface area contributed by atoms with Crippen LogP contribution in [0.4, 0.5) is 4.39 Å². The molecule has 1 heterocycles. The molecule has 0 aliphatic heterocycles. The number of nitrogens with one attached hydrogen (secondary N) is 1. The highest BCUT2D eigenvalue weighted by Crippen LogP contribution is 2.21. The van der Waals surface area contributed by atoms with Gasteiger partial charge in [0.15, 0.2) is 0 Å². The summed E-state index contributed by atoms with van der Waals surface area (Å²) in [6.45, 7) is 0.461. The summed E-state index contributed by atoms with van der Waals surface area (Å²) in [4.78, 5) is 16.4. The lowest BCUT2D eigenvalue weighted by Crippen LogP contribution is -2.26. The van der Waals surface area contributed by atoms with Crippen molar-refractivity contribution in [3.05, 3.63) is 70.6 Å². The maximum atomic E-state index is 13.2. The number of carbonyl (C=O) groups is 1. The summed E-state index contributed by atoms with van der Waals surface area (Å²) < 4.78 is 18.3. The van der Waals surface area contributed by atoms with Crippen LogP contribution in [0, 0.1) is 5.82 Å². The Hall–Kier alpha value is -2.66. The maximum Gasteiger partial charge on any atom is 0.254 e. The molecule has 0 unspecified atom stereocenters. The number of hydrogen-bond donors (Lipinski definition) is 1. The summed E-state index contributed by atoms with van der Waals surface area (Å²) in [7, 11) is 1.62. The van der Waals surface area contributed by atoms with Crippen molar-refractivity contribution in [2.45, 2.75) is 6.42 Å². The third-order valence-electron chi connectivity index (χ3n) is 3.84. The Kier molecular flexibility index (Phi) is 5.14. The molecule has 1 amide bonds. The van der Waals surface area contributed by atoms with Crippen molar-refractivity contribution < 1.29 is 13.9 Å². The van der Waals surface area contributed by atoms with Crippen LogP contribution in [0.15, 0.2) is 48.5 Å². The molecule has 0 bridgehead atoms. The van der Waals surface area contributed by atoms with E-state index in [9.17, 15) is 9.18 Å². The molecule has 1 N–H and O–H groups in total. The molecular formula is C19H16ClFN2O2. The SMILES string of the molecule is COc1ccc(CCNC(=O)c2cc3ccc(F)cc3nc2Cl)cc1. The minimum Gasteiger partial charge on any atom is -0.497 e. The van der Waals surface area contributed by atoms with Crippen LogP contribution in [0.2, 0.25) is 5.15 Å². The first-order chi connectivity index (χ1) is 12.1. The average molecular weight is 359 g/mol. The predicted octanol–water partition coefficient (Wildman–Crippen LogP) is 4.01. The van der Waals surface area contributed by atoms with Crippen molar-refractivity contribution in [1.82, 2.24) is 10.3 Å². The van der Waals surface area contributed by atoms with Gasteiger partial charge in [-0.05, 0) is 42.3 Å². The van der Waals surface area contributed by atoms with E-state index in [1.807, 2.05) is 24.3 Å². The van der Waals surface area contributed by atoms with E-state index in [0.29, 0.717) is 23.9 Å². The molecule has 6 heteroatoms. The molecule has 0 saturated carbocycles. The van der Waals surface area contributed by atoms with Gasteiger partial charge in [0.25, 0.3) is 5.91 Å². The lowest BCUT2D eigenvalue weighted by molar-refractivity contribution is 0.0954. The first-order valence-corrected chi connectivity index (χ1v) is 8.11. The number of fused-ring (bicyclic) bond motifs is 1. The molecule has 0 aliphatic carbocycles. The minimum absolute atomic E-state index is 0.0556. The molecule has 128 valence electrons. The van der Waals surface area contributed by atoms with Gasteiger partial charge in [-0.15, -0.1) is 0 Å². The molecule has 1 aromatic heterocycles. The summed E-state index contributed by atoms with van der Waals surface area (Å²) in [6.07, 6.45) is 0.680. The lowest BCUT2D eigenvalue weighted by Gasteiger charge is -2.08. The van der Waals surface area contributed by atoms with Gasteiger partial charge in [0, 0.05) is 18.0 Å². The second kappa shape index (κ2) is 7.49. The second-order valence-electron chi connectivity index (χ2n) is 5.52. The number of ether oxygens (including phenoxy) is 1. The lowest BCUT2D eigenvalue weighted by atomic mass is 10.1. The van der Waals surface area contributed by atoms with Crippen LogP contribution in [0.25, 0.3) is 10.9 Å². The second-order valence-corrected chi connectivity index (χ2v) is 5.88. The summed E-state index contributed by atoms with van der Waals surface area (Å²) in [5.74, 6) is 0.0863. The summed E-state index contributed by atoms with van der Waals surface area (Å²) in [5.41, 5.74) is 1.77. The van der Waals surface area contributed by atoms with E-state index in [4.69, 9.17) is 16.3 Å². The van der Waals surface area contributed by atoms with Crippen LogP contribution in [0.5, 0.6) is 5.75 Å². The number of nitrogens with zero attached hydrogens (tertiary/aromatic N) is 1.